The van der Waals surface area contributed by atoms with Crippen LogP contribution in [0, 0.1) is 6.07 Å². The lowest BCUT2D eigenvalue weighted by Crippen LogP contribution is -1.98. The van der Waals surface area contributed by atoms with Crippen molar-refractivity contribution in [2.24, 2.45) is 0 Å². The summed E-state index contributed by atoms with van der Waals surface area (Å²) < 4.78 is 0. The minimum atomic E-state index is 0.879. The van der Waals surface area contributed by atoms with E-state index in [2.05, 4.69) is 30.3 Å². The van der Waals surface area contributed by atoms with Gasteiger partial charge in [-0.1, -0.05) is 72.8 Å². The molecule has 0 amide bonds. The van der Waals surface area contributed by atoms with Crippen LogP contribution in [-0.2, 0) is 0 Å². The van der Waals surface area contributed by atoms with Gasteiger partial charge in [0.2, 0.25) is 0 Å². The Morgan fingerprint density at radius 3 is 1.57 bits per heavy atom. The Morgan fingerprint density at radius 2 is 1.09 bits per heavy atom. The minimum Gasteiger partial charge on any atom is -0.150 e. The minimum absolute atomic E-state index is 0.879. The lowest BCUT2D eigenvalue weighted by Gasteiger charge is -2.00. The molecule has 4 aromatic rings. The summed E-state index contributed by atoms with van der Waals surface area (Å²) in [6.45, 7) is 0. The number of hydrogen-bond acceptors (Lipinski definition) is 2. The quantitative estimate of drug-likeness (QED) is 0.561. The van der Waals surface area contributed by atoms with Crippen molar-refractivity contribution >= 4 is 0 Å². The fourth-order valence-corrected chi connectivity index (χ4v) is 2.51. The number of hydrogen-bond donors (Lipinski definition) is 0. The standard InChI is InChI=1S/C20H14N3/c1-4-10-16(11-5-1)19-20(17-12-6-2-7-13-17)22-23(21-19)18-14-8-3-9-15-18/h1-2,4-15H. The van der Waals surface area contributed by atoms with Gasteiger partial charge in [0.25, 0.3) is 0 Å². The average Bonchev–Trinajstić information content (AvgIpc) is 3.09. The molecule has 0 aliphatic heterocycles. The molecule has 109 valence electrons. The van der Waals surface area contributed by atoms with Gasteiger partial charge in [-0.2, -0.15) is 4.80 Å². The zero-order valence-electron chi connectivity index (χ0n) is 12.4. The lowest BCUT2D eigenvalue weighted by atomic mass is 10.1. The molecule has 23 heavy (non-hydrogen) atoms. The Bertz CT molecular complexity index is 841. The molecular formula is C20H14N3. The Balaban J connectivity index is 1.91. The monoisotopic (exact) mass is 296 g/mol. The van der Waals surface area contributed by atoms with E-state index in [1.165, 1.54) is 0 Å². The van der Waals surface area contributed by atoms with Crippen LogP contribution in [0.25, 0.3) is 28.2 Å². The molecule has 0 aliphatic rings. The summed E-state index contributed by atoms with van der Waals surface area (Å²) in [4.78, 5) is 1.68. The summed E-state index contributed by atoms with van der Waals surface area (Å²) in [6, 6.07) is 30.9. The van der Waals surface area contributed by atoms with Crippen LogP contribution in [0.2, 0.25) is 0 Å². The summed E-state index contributed by atoms with van der Waals surface area (Å²) in [5, 5.41) is 9.44. The first-order valence-electron chi connectivity index (χ1n) is 7.46. The first-order valence-corrected chi connectivity index (χ1v) is 7.46. The second-order valence-electron chi connectivity index (χ2n) is 5.18. The number of aromatic nitrogens is 3. The highest BCUT2D eigenvalue weighted by Gasteiger charge is 2.15. The normalized spacial score (nSPS) is 10.6. The molecule has 0 spiro atoms. The third-order valence-electron chi connectivity index (χ3n) is 3.64. The van der Waals surface area contributed by atoms with E-state index in [1.54, 1.807) is 4.80 Å². The van der Waals surface area contributed by atoms with Gasteiger partial charge in [-0.3, -0.25) is 0 Å². The molecule has 0 unspecified atom stereocenters. The Kier molecular flexibility index (Phi) is 3.45. The van der Waals surface area contributed by atoms with Crippen molar-refractivity contribution in [2.75, 3.05) is 0 Å². The van der Waals surface area contributed by atoms with Crippen molar-refractivity contribution in [3.05, 3.63) is 91.0 Å². The van der Waals surface area contributed by atoms with Crippen LogP contribution in [0.1, 0.15) is 0 Å². The highest BCUT2D eigenvalue weighted by atomic mass is 15.5. The smallest absolute Gasteiger partial charge is 0.121 e. The Morgan fingerprint density at radius 1 is 0.609 bits per heavy atom. The maximum atomic E-state index is 4.72. The van der Waals surface area contributed by atoms with Crippen molar-refractivity contribution in [1.82, 2.24) is 15.0 Å². The van der Waals surface area contributed by atoms with Gasteiger partial charge in [0.05, 0.1) is 5.69 Å². The molecule has 0 atom stereocenters. The van der Waals surface area contributed by atoms with Crippen LogP contribution >= 0.6 is 0 Å². The van der Waals surface area contributed by atoms with Crippen molar-refractivity contribution in [1.29, 1.82) is 0 Å². The first kappa shape index (κ1) is 13.5. The third-order valence-corrected chi connectivity index (χ3v) is 3.64. The molecule has 1 heterocycles. The molecule has 0 saturated heterocycles. The number of benzene rings is 3. The molecule has 1 radical (unpaired) electrons. The molecule has 3 nitrogen and oxygen atoms in total. The summed E-state index contributed by atoms with van der Waals surface area (Å²) in [5.74, 6) is 0. The third kappa shape index (κ3) is 2.64. The molecule has 0 aliphatic carbocycles. The first-order chi connectivity index (χ1) is 11.4. The zero-order chi connectivity index (χ0) is 15.5. The highest BCUT2D eigenvalue weighted by Crippen LogP contribution is 2.29. The summed E-state index contributed by atoms with van der Waals surface area (Å²) >= 11 is 0. The predicted octanol–water partition coefficient (Wildman–Crippen LogP) is 4.40. The summed E-state index contributed by atoms with van der Waals surface area (Å²) in [7, 11) is 0. The van der Waals surface area contributed by atoms with Gasteiger partial charge < -0.3 is 0 Å². The molecule has 4 rings (SSSR count). The second-order valence-corrected chi connectivity index (χ2v) is 5.18. The lowest BCUT2D eigenvalue weighted by molar-refractivity contribution is 0.755. The topological polar surface area (TPSA) is 30.7 Å². The maximum Gasteiger partial charge on any atom is 0.121 e. The van der Waals surface area contributed by atoms with Gasteiger partial charge in [-0.05, 0) is 18.2 Å². The van der Waals surface area contributed by atoms with Crippen molar-refractivity contribution in [2.45, 2.75) is 0 Å². The molecule has 0 bridgehead atoms. The van der Waals surface area contributed by atoms with E-state index < -0.39 is 0 Å². The fraction of sp³-hybridized carbons (Fsp3) is 0. The van der Waals surface area contributed by atoms with Crippen LogP contribution < -0.4 is 0 Å². The number of nitrogens with zero attached hydrogens (tertiary/aromatic N) is 3. The molecular weight excluding hydrogens is 282 g/mol. The molecule has 3 aromatic carbocycles. The van der Waals surface area contributed by atoms with E-state index >= 15 is 0 Å². The maximum absolute atomic E-state index is 4.72. The van der Waals surface area contributed by atoms with E-state index in [4.69, 9.17) is 10.2 Å². The van der Waals surface area contributed by atoms with Crippen LogP contribution in [-0.4, -0.2) is 15.0 Å². The molecule has 0 N–H and O–H groups in total. The summed E-state index contributed by atoms with van der Waals surface area (Å²) in [5.41, 5.74) is 4.79. The van der Waals surface area contributed by atoms with Crippen molar-refractivity contribution < 1.29 is 0 Å². The van der Waals surface area contributed by atoms with Gasteiger partial charge in [0.15, 0.2) is 0 Å². The van der Waals surface area contributed by atoms with Crippen molar-refractivity contribution in [3.8, 4) is 28.2 Å². The van der Waals surface area contributed by atoms with E-state index in [-0.39, 0.29) is 0 Å². The predicted molar refractivity (Wildman–Crippen MR) is 91.1 cm³/mol. The van der Waals surface area contributed by atoms with Crippen LogP contribution in [0.15, 0.2) is 84.9 Å². The van der Waals surface area contributed by atoms with Gasteiger partial charge in [-0.25, -0.2) is 0 Å². The van der Waals surface area contributed by atoms with Crippen LogP contribution in [0.4, 0.5) is 0 Å². The molecule has 1 aromatic heterocycles. The average molecular weight is 296 g/mol. The van der Waals surface area contributed by atoms with Gasteiger partial charge in [-0.15, -0.1) is 10.2 Å². The number of rotatable bonds is 3. The Hall–Kier alpha value is -3.20. The van der Waals surface area contributed by atoms with Crippen LogP contribution in [0.5, 0.6) is 0 Å². The SMILES string of the molecule is [c]1ccc(-n2nc(-c3ccccc3)c(-c3ccccc3)n2)cc1. The van der Waals surface area contributed by atoms with E-state index in [0.717, 1.165) is 28.2 Å². The second kappa shape index (κ2) is 5.89. The van der Waals surface area contributed by atoms with E-state index in [1.807, 2.05) is 60.7 Å². The van der Waals surface area contributed by atoms with Gasteiger partial charge in [0.1, 0.15) is 11.4 Å². The van der Waals surface area contributed by atoms with Gasteiger partial charge in [0, 0.05) is 11.1 Å². The van der Waals surface area contributed by atoms with Crippen molar-refractivity contribution in [3.63, 3.8) is 0 Å². The highest BCUT2D eigenvalue weighted by molar-refractivity contribution is 5.77. The molecule has 0 saturated carbocycles. The summed E-state index contributed by atoms with van der Waals surface area (Å²) in [6.07, 6.45) is 0. The van der Waals surface area contributed by atoms with E-state index in [0.29, 0.717) is 0 Å². The van der Waals surface area contributed by atoms with Crippen LogP contribution in [0.3, 0.4) is 0 Å². The molecule has 0 fully saturated rings. The fourth-order valence-electron chi connectivity index (χ4n) is 2.51. The van der Waals surface area contributed by atoms with E-state index in [9.17, 15) is 0 Å². The largest absolute Gasteiger partial charge is 0.150 e. The zero-order valence-corrected chi connectivity index (χ0v) is 12.4. The van der Waals surface area contributed by atoms with Gasteiger partial charge >= 0.3 is 0 Å². The molecule has 3 heteroatoms. The Labute approximate surface area is 134 Å².